The Morgan fingerprint density at radius 1 is 1.00 bits per heavy atom. The first kappa shape index (κ1) is 20.8. The van der Waals surface area contributed by atoms with E-state index in [9.17, 15) is 9.59 Å². The fourth-order valence-electron chi connectivity index (χ4n) is 2.76. The van der Waals surface area contributed by atoms with Gasteiger partial charge >= 0.3 is 0 Å². The van der Waals surface area contributed by atoms with Crippen molar-refractivity contribution in [2.24, 2.45) is 0 Å². The molecule has 1 aliphatic heterocycles. The first-order chi connectivity index (χ1) is 14.5. The third-order valence-electron chi connectivity index (χ3n) is 4.22. The van der Waals surface area contributed by atoms with Crippen LogP contribution in [0.15, 0.2) is 42.5 Å². The molecule has 0 saturated heterocycles. The van der Waals surface area contributed by atoms with Crippen molar-refractivity contribution in [3.63, 3.8) is 0 Å². The predicted molar refractivity (Wildman–Crippen MR) is 108 cm³/mol. The zero-order chi connectivity index (χ0) is 21.5. The number of nitrogens with one attached hydrogen (secondary N) is 2. The maximum Gasteiger partial charge on any atom is 0.283 e. The van der Waals surface area contributed by atoms with Gasteiger partial charge in [-0.15, -0.1) is 0 Å². The monoisotopic (exact) mass is 414 g/mol. The van der Waals surface area contributed by atoms with Gasteiger partial charge in [0.15, 0.2) is 23.0 Å². The fourth-order valence-corrected chi connectivity index (χ4v) is 2.76. The molecule has 0 fully saturated rings. The van der Waals surface area contributed by atoms with Crippen molar-refractivity contribution in [2.45, 2.75) is 6.10 Å². The van der Waals surface area contributed by atoms with Crippen LogP contribution in [-0.4, -0.2) is 45.9 Å². The van der Waals surface area contributed by atoms with Gasteiger partial charge in [-0.1, -0.05) is 12.1 Å². The first-order valence-electron chi connectivity index (χ1n) is 9.02. The quantitative estimate of drug-likeness (QED) is 0.548. The molecule has 1 heterocycles. The number of fused-ring (bicyclic) bond motifs is 1. The summed E-state index contributed by atoms with van der Waals surface area (Å²) in [6, 6.07) is 10.4. The topological polar surface area (TPSA) is 104 Å². The number of methoxy groups -OCH3 is 3. The Kier molecular flexibility index (Phi) is 6.63. The molecule has 30 heavy (non-hydrogen) atoms. The molecule has 0 aliphatic carbocycles. The van der Waals surface area contributed by atoms with E-state index in [0.29, 0.717) is 34.3 Å². The van der Waals surface area contributed by atoms with Crippen LogP contribution in [0.1, 0.15) is 5.56 Å². The van der Waals surface area contributed by atoms with Gasteiger partial charge in [0.2, 0.25) is 11.9 Å². The van der Waals surface area contributed by atoms with Crippen LogP contribution in [0, 0.1) is 0 Å². The SMILES string of the molecule is COc1cc(/C=C/C(=O)NNC(=O)[C@@H]2COc3ccccc3O2)cc(OC)c1OC. The average molecular weight is 414 g/mol. The lowest BCUT2D eigenvalue weighted by molar-refractivity contribution is -0.134. The molecule has 2 N–H and O–H groups in total. The Morgan fingerprint density at radius 3 is 2.30 bits per heavy atom. The summed E-state index contributed by atoms with van der Waals surface area (Å²) in [4.78, 5) is 24.3. The van der Waals surface area contributed by atoms with Crippen LogP contribution >= 0.6 is 0 Å². The van der Waals surface area contributed by atoms with Crippen LogP contribution in [0.2, 0.25) is 0 Å². The van der Waals surface area contributed by atoms with E-state index in [0.717, 1.165) is 0 Å². The average Bonchev–Trinajstić information content (AvgIpc) is 2.79. The van der Waals surface area contributed by atoms with E-state index in [-0.39, 0.29) is 6.61 Å². The summed E-state index contributed by atoms with van der Waals surface area (Å²) in [7, 11) is 4.51. The molecular formula is C21H22N2O7. The Balaban J connectivity index is 1.57. The number of hydrazine groups is 1. The second-order valence-corrected chi connectivity index (χ2v) is 6.13. The zero-order valence-corrected chi connectivity index (χ0v) is 16.8. The maximum absolute atomic E-state index is 12.2. The molecular weight excluding hydrogens is 392 g/mol. The number of hydrogen-bond donors (Lipinski definition) is 2. The lowest BCUT2D eigenvalue weighted by atomic mass is 10.1. The first-order valence-corrected chi connectivity index (χ1v) is 9.02. The number of benzene rings is 2. The minimum atomic E-state index is -0.876. The third-order valence-corrected chi connectivity index (χ3v) is 4.22. The zero-order valence-electron chi connectivity index (χ0n) is 16.8. The minimum absolute atomic E-state index is 0.0417. The molecule has 3 rings (SSSR count). The molecule has 0 bridgehead atoms. The molecule has 0 radical (unpaired) electrons. The molecule has 1 aliphatic rings. The molecule has 2 amide bonds. The van der Waals surface area contributed by atoms with E-state index in [1.807, 2.05) is 6.07 Å². The number of para-hydroxylation sites is 2. The van der Waals surface area contributed by atoms with Crippen LogP contribution in [0.3, 0.4) is 0 Å². The van der Waals surface area contributed by atoms with Crippen molar-refractivity contribution in [3.8, 4) is 28.7 Å². The molecule has 0 spiro atoms. The number of carbonyl (C=O) groups is 2. The fraction of sp³-hybridized carbons (Fsp3) is 0.238. The molecule has 9 heteroatoms. The van der Waals surface area contributed by atoms with Gasteiger partial charge in [0.25, 0.3) is 11.8 Å². The van der Waals surface area contributed by atoms with E-state index in [2.05, 4.69) is 10.9 Å². The van der Waals surface area contributed by atoms with Gasteiger partial charge in [-0.3, -0.25) is 20.4 Å². The summed E-state index contributed by atoms with van der Waals surface area (Å²) < 4.78 is 26.9. The molecule has 158 valence electrons. The van der Waals surface area contributed by atoms with Crippen molar-refractivity contribution in [1.29, 1.82) is 0 Å². The highest BCUT2D eigenvalue weighted by Gasteiger charge is 2.27. The second kappa shape index (κ2) is 9.55. The van der Waals surface area contributed by atoms with Gasteiger partial charge in [0.1, 0.15) is 6.61 Å². The Morgan fingerprint density at radius 2 is 1.67 bits per heavy atom. The van der Waals surface area contributed by atoms with E-state index in [1.54, 1.807) is 36.4 Å². The van der Waals surface area contributed by atoms with Gasteiger partial charge in [0, 0.05) is 6.08 Å². The molecule has 2 aromatic carbocycles. The van der Waals surface area contributed by atoms with Crippen molar-refractivity contribution in [1.82, 2.24) is 10.9 Å². The number of ether oxygens (including phenoxy) is 5. The molecule has 2 aromatic rings. The van der Waals surface area contributed by atoms with Crippen LogP contribution in [0.25, 0.3) is 6.08 Å². The summed E-state index contributed by atoms with van der Waals surface area (Å²) in [5.41, 5.74) is 5.27. The minimum Gasteiger partial charge on any atom is -0.493 e. The summed E-state index contributed by atoms with van der Waals surface area (Å²) in [5, 5.41) is 0. The standard InChI is InChI=1S/C21H22N2O7/c1-26-16-10-13(11-17(27-2)20(16)28-3)8-9-19(24)22-23-21(25)18-12-29-14-6-4-5-7-15(14)30-18/h4-11,18H,12H2,1-3H3,(H,22,24)(H,23,25)/b9-8+/t18-/m0/s1. The highest BCUT2D eigenvalue weighted by Crippen LogP contribution is 2.38. The summed E-state index contributed by atoms with van der Waals surface area (Å²) in [6.07, 6.45) is 1.93. The normalized spacial score (nSPS) is 14.7. The van der Waals surface area contributed by atoms with Crippen LogP contribution in [0.4, 0.5) is 0 Å². The van der Waals surface area contributed by atoms with E-state index < -0.39 is 17.9 Å². The van der Waals surface area contributed by atoms with Crippen molar-refractivity contribution in [2.75, 3.05) is 27.9 Å². The van der Waals surface area contributed by atoms with E-state index in [1.165, 1.54) is 27.4 Å². The van der Waals surface area contributed by atoms with Gasteiger partial charge in [-0.2, -0.15) is 0 Å². The molecule has 0 unspecified atom stereocenters. The van der Waals surface area contributed by atoms with Gasteiger partial charge in [-0.05, 0) is 35.9 Å². The molecule has 1 atom stereocenters. The van der Waals surface area contributed by atoms with Crippen molar-refractivity contribution >= 4 is 17.9 Å². The smallest absolute Gasteiger partial charge is 0.283 e. The molecule has 0 aromatic heterocycles. The number of hydrogen-bond acceptors (Lipinski definition) is 7. The van der Waals surface area contributed by atoms with E-state index >= 15 is 0 Å². The highest BCUT2D eigenvalue weighted by molar-refractivity contribution is 5.93. The summed E-state index contributed by atoms with van der Waals surface area (Å²) in [6.45, 7) is 0.0417. The maximum atomic E-state index is 12.2. The summed E-state index contributed by atoms with van der Waals surface area (Å²) in [5.74, 6) is 1.34. The Labute approximate surface area is 173 Å². The van der Waals surface area contributed by atoms with Crippen molar-refractivity contribution < 1.29 is 33.3 Å². The Hall–Kier alpha value is -3.88. The van der Waals surface area contributed by atoms with Gasteiger partial charge in [-0.25, -0.2) is 0 Å². The molecule has 0 saturated carbocycles. The molecule has 9 nitrogen and oxygen atoms in total. The number of amides is 2. The lowest BCUT2D eigenvalue weighted by Gasteiger charge is -2.25. The summed E-state index contributed by atoms with van der Waals surface area (Å²) >= 11 is 0. The lowest BCUT2D eigenvalue weighted by Crippen LogP contribution is -2.50. The number of rotatable bonds is 6. The second-order valence-electron chi connectivity index (χ2n) is 6.13. The van der Waals surface area contributed by atoms with Crippen LogP contribution in [-0.2, 0) is 9.59 Å². The number of carbonyl (C=O) groups excluding carboxylic acids is 2. The highest BCUT2D eigenvalue weighted by atomic mass is 16.6. The van der Waals surface area contributed by atoms with Crippen LogP contribution in [0.5, 0.6) is 28.7 Å². The third kappa shape index (κ3) is 4.75. The largest absolute Gasteiger partial charge is 0.493 e. The van der Waals surface area contributed by atoms with E-state index in [4.69, 9.17) is 23.7 Å². The predicted octanol–water partition coefficient (Wildman–Crippen LogP) is 1.71. The van der Waals surface area contributed by atoms with Crippen molar-refractivity contribution in [3.05, 3.63) is 48.0 Å². The Bertz CT molecular complexity index is 933. The van der Waals surface area contributed by atoms with Gasteiger partial charge in [0.05, 0.1) is 21.3 Å². The van der Waals surface area contributed by atoms with Crippen LogP contribution < -0.4 is 34.5 Å². The van der Waals surface area contributed by atoms with Gasteiger partial charge < -0.3 is 23.7 Å².